The summed E-state index contributed by atoms with van der Waals surface area (Å²) in [6.45, 7) is 8.37. The normalized spacial score (nSPS) is 12.0. The van der Waals surface area contributed by atoms with Gasteiger partial charge in [-0.3, -0.25) is 9.59 Å². The number of nitrogens with one attached hydrogen (secondary N) is 1. The van der Waals surface area contributed by atoms with E-state index in [1.807, 2.05) is 61.5 Å². The van der Waals surface area contributed by atoms with Crippen molar-refractivity contribution in [1.82, 2.24) is 10.2 Å². The predicted molar refractivity (Wildman–Crippen MR) is 145 cm³/mol. The molecule has 0 spiro atoms. The van der Waals surface area contributed by atoms with Crippen LogP contribution in [0, 0.1) is 5.82 Å². The highest BCUT2D eigenvalue weighted by atomic mass is 19.1. The summed E-state index contributed by atoms with van der Waals surface area (Å²) < 4.78 is 20.7. The highest BCUT2D eigenvalue weighted by Crippen LogP contribution is 2.31. The lowest BCUT2D eigenvalue weighted by molar-refractivity contribution is -0.142. The van der Waals surface area contributed by atoms with Crippen LogP contribution in [0.25, 0.3) is 0 Å². The molecule has 0 fully saturated rings. The summed E-state index contributed by atoms with van der Waals surface area (Å²) in [4.78, 5) is 28.5. The maximum Gasteiger partial charge on any atom is 0.261 e. The van der Waals surface area contributed by atoms with Crippen LogP contribution < -0.4 is 10.1 Å². The number of ether oxygens (including phenoxy) is 1. The van der Waals surface area contributed by atoms with Gasteiger partial charge in [-0.1, -0.05) is 94.4 Å². The molecule has 0 aliphatic rings. The van der Waals surface area contributed by atoms with Crippen LogP contribution >= 0.6 is 0 Å². The fraction of sp³-hybridized carbons (Fsp3) is 0.355. The van der Waals surface area contributed by atoms with Gasteiger partial charge in [0.15, 0.2) is 6.61 Å². The molecular weight excluding hydrogens is 467 g/mol. The van der Waals surface area contributed by atoms with Gasteiger partial charge in [0.2, 0.25) is 5.91 Å². The molecule has 0 aliphatic carbocycles. The zero-order valence-electron chi connectivity index (χ0n) is 22.2. The number of carbonyl (C=O) groups is 2. The number of halogens is 1. The summed E-state index contributed by atoms with van der Waals surface area (Å²) in [5.74, 6) is -0.471. The first-order valence-electron chi connectivity index (χ1n) is 12.8. The molecule has 3 aromatic rings. The number of amides is 2. The molecule has 0 heterocycles. The maximum absolute atomic E-state index is 14.7. The molecule has 0 saturated heterocycles. The number of nitrogens with zero attached hydrogens (tertiary/aromatic N) is 1. The lowest BCUT2D eigenvalue weighted by Crippen LogP contribution is -2.52. The summed E-state index contributed by atoms with van der Waals surface area (Å²) in [6, 6.07) is 22.6. The second kappa shape index (κ2) is 13.0. The smallest absolute Gasteiger partial charge is 0.261 e. The molecule has 1 unspecified atom stereocenters. The van der Waals surface area contributed by atoms with Crippen molar-refractivity contribution in [2.45, 2.75) is 58.5 Å². The number of hydrogen-bond acceptors (Lipinski definition) is 3. The fourth-order valence-corrected chi connectivity index (χ4v) is 4.16. The summed E-state index contributed by atoms with van der Waals surface area (Å²) >= 11 is 0. The molecule has 1 N–H and O–H groups in total. The standard InChI is InChI=1S/C31H37FN2O3/c1-5-19-33-30(36)27(20-23-13-7-6-8-14-23)34(21-24-15-9-11-17-26(24)32)29(35)22-37-28-18-12-10-16-25(28)31(2,3)4/h6-18,27H,5,19-22H2,1-4H3,(H,33,36). The zero-order chi connectivity index (χ0) is 26.8. The summed E-state index contributed by atoms with van der Waals surface area (Å²) in [6.07, 6.45) is 1.06. The van der Waals surface area contributed by atoms with E-state index in [2.05, 4.69) is 26.1 Å². The number of carbonyl (C=O) groups excluding carboxylic acids is 2. The van der Waals surface area contributed by atoms with Crippen molar-refractivity contribution in [3.05, 3.63) is 101 Å². The van der Waals surface area contributed by atoms with Crippen LogP contribution in [-0.2, 0) is 28.0 Å². The molecule has 0 bridgehead atoms. The second-order valence-corrected chi connectivity index (χ2v) is 10.1. The van der Waals surface area contributed by atoms with Gasteiger partial charge in [-0.05, 0) is 35.1 Å². The molecule has 0 radical (unpaired) electrons. The lowest BCUT2D eigenvalue weighted by atomic mass is 9.86. The Balaban J connectivity index is 1.94. The molecule has 5 nitrogen and oxygen atoms in total. The topological polar surface area (TPSA) is 58.6 Å². The van der Waals surface area contributed by atoms with Crippen molar-refractivity contribution in [1.29, 1.82) is 0 Å². The molecule has 3 rings (SSSR count). The van der Waals surface area contributed by atoms with Crippen LogP contribution in [0.2, 0.25) is 0 Å². The Morgan fingerprint density at radius 1 is 0.946 bits per heavy atom. The zero-order valence-corrected chi connectivity index (χ0v) is 22.2. The van der Waals surface area contributed by atoms with Crippen molar-refractivity contribution >= 4 is 11.8 Å². The predicted octanol–water partition coefficient (Wildman–Crippen LogP) is 5.67. The van der Waals surface area contributed by atoms with Crippen LogP contribution in [0.3, 0.4) is 0 Å². The first-order chi connectivity index (χ1) is 17.7. The quantitative estimate of drug-likeness (QED) is 0.366. The van der Waals surface area contributed by atoms with Crippen molar-refractivity contribution in [2.24, 2.45) is 0 Å². The van der Waals surface area contributed by atoms with Gasteiger partial charge in [-0.2, -0.15) is 0 Å². The van der Waals surface area contributed by atoms with Crippen molar-refractivity contribution in [2.75, 3.05) is 13.2 Å². The largest absolute Gasteiger partial charge is 0.483 e. The summed E-state index contributed by atoms with van der Waals surface area (Å²) in [5.41, 5.74) is 2.05. The second-order valence-electron chi connectivity index (χ2n) is 10.1. The van der Waals surface area contributed by atoms with E-state index in [0.717, 1.165) is 17.5 Å². The third kappa shape index (κ3) is 7.91. The first kappa shape index (κ1) is 27.9. The molecule has 6 heteroatoms. The van der Waals surface area contributed by atoms with Crippen molar-refractivity contribution in [3.63, 3.8) is 0 Å². The van der Waals surface area contributed by atoms with E-state index in [4.69, 9.17) is 4.74 Å². The van der Waals surface area contributed by atoms with E-state index in [1.165, 1.54) is 11.0 Å². The van der Waals surface area contributed by atoms with E-state index >= 15 is 0 Å². The minimum absolute atomic E-state index is 0.0488. The summed E-state index contributed by atoms with van der Waals surface area (Å²) in [5, 5.41) is 2.92. The highest BCUT2D eigenvalue weighted by molar-refractivity contribution is 5.88. The number of rotatable bonds is 11. The third-order valence-electron chi connectivity index (χ3n) is 6.17. The van der Waals surface area contributed by atoms with Crippen LogP contribution in [0.5, 0.6) is 5.75 Å². The monoisotopic (exact) mass is 504 g/mol. The minimum Gasteiger partial charge on any atom is -0.483 e. The molecule has 1 atom stereocenters. The molecule has 0 saturated carbocycles. The maximum atomic E-state index is 14.7. The molecule has 3 aromatic carbocycles. The fourth-order valence-electron chi connectivity index (χ4n) is 4.16. The number of hydrogen-bond donors (Lipinski definition) is 1. The Hall–Kier alpha value is -3.67. The lowest BCUT2D eigenvalue weighted by Gasteiger charge is -2.32. The van der Waals surface area contributed by atoms with Gasteiger partial charge in [0.1, 0.15) is 17.6 Å². The molecule has 0 aromatic heterocycles. The van der Waals surface area contributed by atoms with Crippen molar-refractivity contribution < 1.29 is 18.7 Å². The molecule has 196 valence electrons. The van der Waals surface area contributed by atoms with E-state index in [-0.39, 0.29) is 30.4 Å². The van der Waals surface area contributed by atoms with Crippen LogP contribution in [0.4, 0.5) is 4.39 Å². The molecule has 37 heavy (non-hydrogen) atoms. The van der Waals surface area contributed by atoms with E-state index in [1.54, 1.807) is 18.2 Å². The average Bonchev–Trinajstić information content (AvgIpc) is 2.89. The SMILES string of the molecule is CCCNC(=O)C(Cc1ccccc1)N(Cc1ccccc1F)C(=O)COc1ccccc1C(C)(C)C. The van der Waals surface area contributed by atoms with E-state index < -0.39 is 11.9 Å². The van der Waals surface area contributed by atoms with Gasteiger partial charge in [-0.15, -0.1) is 0 Å². The average molecular weight is 505 g/mol. The Kier molecular flexibility index (Phi) is 9.84. The van der Waals surface area contributed by atoms with E-state index in [9.17, 15) is 14.0 Å². The van der Waals surface area contributed by atoms with Crippen LogP contribution in [0.15, 0.2) is 78.9 Å². The highest BCUT2D eigenvalue weighted by Gasteiger charge is 2.31. The van der Waals surface area contributed by atoms with E-state index in [0.29, 0.717) is 24.3 Å². The van der Waals surface area contributed by atoms with Gasteiger partial charge in [0.25, 0.3) is 5.91 Å². The van der Waals surface area contributed by atoms with Gasteiger partial charge in [-0.25, -0.2) is 4.39 Å². The van der Waals surface area contributed by atoms with Crippen LogP contribution in [0.1, 0.15) is 50.8 Å². The Morgan fingerprint density at radius 3 is 2.27 bits per heavy atom. The Morgan fingerprint density at radius 2 is 1.59 bits per heavy atom. The third-order valence-corrected chi connectivity index (χ3v) is 6.17. The molecule has 2 amide bonds. The van der Waals surface area contributed by atoms with Gasteiger partial charge in [0, 0.05) is 25.1 Å². The van der Waals surface area contributed by atoms with Gasteiger partial charge >= 0.3 is 0 Å². The summed E-state index contributed by atoms with van der Waals surface area (Å²) in [7, 11) is 0. The molecule has 0 aliphatic heterocycles. The minimum atomic E-state index is -0.831. The number of benzene rings is 3. The Labute approximate surface area is 219 Å². The van der Waals surface area contributed by atoms with Crippen LogP contribution in [-0.4, -0.2) is 35.9 Å². The number of para-hydroxylation sites is 1. The van der Waals surface area contributed by atoms with Crippen molar-refractivity contribution in [3.8, 4) is 5.75 Å². The van der Waals surface area contributed by atoms with Gasteiger partial charge < -0.3 is 15.0 Å². The van der Waals surface area contributed by atoms with Gasteiger partial charge in [0.05, 0.1) is 0 Å². The Bertz CT molecular complexity index is 1170. The first-order valence-corrected chi connectivity index (χ1v) is 12.8. The molecular formula is C31H37FN2O3.